The van der Waals surface area contributed by atoms with E-state index in [1.807, 2.05) is 85.5 Å². The van der Waals surface area contributed by atoms with E-state index in [0.29, 0.717) is 58.8 Å². The average Bonchev–Trinajstić information content (AvgIpc) is 1.51. The predicted molar refractivity (Wildman–Crippen MR) is 523 cm³/mol. The van der Waals surface area contributed by atoms with Gasteiger partial charge < -0.3 is 18.6 Å². The zero-order valence-electron chi connectivity index (χ0n) is 75.0. The van der Waals surface area contributed by atoms with Gasteiger partial charge in [0.25, 0.3) is 0 Å². The van der Waals surface area contributed by atoms with Crippen LogP contribution < -0.4 is 9.47 Å². The standard InChI is InChI=1S/C54H54N4O.C54H52N4O.4ClH.2K.2Pt/c2*1-35(2)47-31-43(39-17-11-9-12-18-39)32-48(36(3)4)51(47)57-27-25-55-53(57)41-21-15-23-45(29-41)59-46-24-16-22-42(30-46)54-56-26-28-58(54)52-49(37(5)6)33-44(34-50(52)38(7)8)40-19-13-10-14-20-40;;;;;;;;/h9-38H,1-8H3;9-28,31-38H,1-8H3;4*1H;;;;/q;-2;;;;;;;+2;+4/p-4. The molecule has 12 aromatic carbocycles. The molecule has 4 aromatic heterocycles. The Bertz CT molecular complexity index is 5440. The Hall–Kier alpha value is -7.11. The van der Waals surface area contributed by atoms with Crippen molar-refractivity contribution in [2.24, 2.45) is 0 Å². The Morgan fingerprint density at radius 2 is 0.476 bits per heavy atom. The summed E-state index contributed by atoms with van der Waals surface area (Å²) in [6, 6.07) is 97.0. The third kappa shape index (κ3) is 23.8. The molecule has 0 atom stereocenters. The molecule has 16 aromatic rings. The van der Waals surface area contributed by atoms with Crippen molar-refractivity contribution in [1.82, 2.24) is 38.2 Å². The number of nitrogens with zero attached hydrogens (tertiary/aromatic N) is 8. The number of hydrogen-bond donors (Lipinski definition) is 0. The molecule has 16 rings (SSSR count). The molecule has 0 amide bonds. The maximum Gasteiger partial charge on any atom is 2.00 e. The van der Waals surface area contributed by atoms with Crippen LogP contribution in [0.3, 0.4) is 0 Å². The molecule has 10 nitrogen and oxygen atoms in total. The normalized spacial score (nSPS) is 11.6. The first-order chi connectivity index (χ1) is 60.1. The molecule has 0 aliphatic heterocycles. The van der Waals surface area contributed by atoms with Crippen molar-refractivity contribution in [1.29, 1.82) is 0 Å². The summed E-state index contributed by atoms with van der Waals surface area (Å²) in [6.07, 6.45) is 15.9. The van der Waals surface area contributed by atoms with Crippen molar-refractivity contribution in [2.45, 2.75) is 158 Å². The van der Waals surface area contributed by atoms with Crippen LogP contribution in [-0.2, 0) is 33.0 Å². The number of benzene rings is 12. The third-order valence-corrected chi connectivity index (χ3v) is 22.3. The van der Waals surface area contributed by atoms with E-state index in [4.69, 9.17) is 67.1 Å². The second kappa shape index (κ2) is 45.1. The van der Waals surface area contributed by atoms with Crippen molar-refractivity contribution in [3.05, 3.63) is 361 Å². The van der Waals surface area contributed by atoms with Gasteiger partial charge >= 0.3 is 134 Å². The number of ether oxygens (including phenoxy) is 2. The maximum absolute atomic E-state index is 6.65. The fourth-order valence-corrected chi connectivity index (χ4v) is 16.2. The first kappa shape index (κ1) is 97.9. The average molecular weight is 2160 g/mol. The zero-order valence-corrected chi connectivity index (χ0v) is 88.8. The van der Waals surface area contributed by atoms with Gasteiger partial charge in [-0.25, -0.2) is 9.97 Å². The van der Waals surface area contributed by atoms with Crippen molar-refractivity contribution in [2.75, 3.05) is 0 Å². The van der Waals surface area contributed by atoms with Crippen molar-refractivity contribution in [3.8, 4) is 136 Å². The Morgan fingerprint density at radius 3 is 0.714 bits per heavy atom. The molecule has 0 aliphatic carbocycles. The SMILES string of the molecule is CC(C)c1cc(-c2ccccc2)cc(C(C)C)c1-n1ccnc1-c1[c-]c(Oc2[c-]c(-c3nccn3-c3c(C(C)C)cc(-c4ccccc4)cc3C(C)C)ccc2)ccc1.CC(C)c1cc(-c2ccccc2)cc(C(C)C)c1-n1ccnc1-c1cccc(Oc2cccc(-c3nccn3-c3c(C(C)C)cc(-c4ccccc4)cc3C(C)C)c2)c1.[Cl][Pt]([Cl])([Cl])[Cl].[K][K].[Pt+2]. The minimum atomic E-state index is -3.06. The van der Waals surface area contributed by atoms with Crippen LogP contribution in [0.1, 0.15) is 203 Å². The van der Waals surface area contributed by atoms with E-state index in [1.54, 1.807) is 0 Å². The van der Waals surface area contributed by atoms with E-state index in [2.05, 4.69) is 360 Å². The van der Waals surface area contributed by atoms with Gasteiger partial charge in [-0.15, -0.1) is 47.5 Å². The molecule has 0 saturated heterocycles. The van der Waals surface area contributed by atoms with Gasteiger partial charge in [-0.3, -0.25) is 19.1 Å². The molecule has 4 heterocycles. The first-order valence-corrected chi connectivity index (χ1v) is 70.6. The van der Waals surface area contributed by atoms with E-state index >= 15 is 0 Å². The van der Waals surface area contributed by atoms with Gasteiger partial charge in [-0.2, -0.15) is 0 Å². The molecule has 0 radical (unpaired) electrons. The number of halogens is 4. The van der Waals surface area contributed by atoms with Crippen LogP contribution in [0.15, 0.2) is 304 Å². The summed E-state index contributed by atoms with van der Waals surface area (Å²) in [5.74, 6) is 8.43. The molecule has 0 spiro atoms. The van der Waals surface area contributed by atoms with Crippen LogP contribution in [0, 0.1) is 12.1 Å². The number of aromatic nitrogens is 8. The zero-order chi connectivity index (χ0) is 88.9. The second-order valence-corrected chi connectivity index (χ2v) is 53.3. The van der Waals surface area contributed by atoms with Crippen LogP contribution in [-0.4, -0.2) is 101 Å². The summed E-state index contributed by atoms with van der Waals surface area (Å²) >= 11 is -0.556. The van der Waals surface area contributed by atoms with E-state index < -0.39 is 11.9 Å². The van der Waals surface area contributed by atoms with Crippen molar-refractivity contribution >= 4 is 101 Å². The molecule has 640 valence electrons. The minimum absolute atomic E-state index is 0. The molecule has 126 heavy (non-hydrogen) atoms. The van der Waals surface area contributed by atoms with E-state index in [9.17, 15) is 0 Å². The number of rotatable bonds is 24. The van der Waals surface area contributed by atoms with Gasteiger partial charge in [0.2, 0.25) is 0 Å². The number of imidazole rings is 4. The van der Waals surface area contributed by atoms with E-state index in [1.165, 1.54) is 175 Å². The minimum Gasteiger partial charge on any atom is 2.00 e. The van der Waals surface area contributed by atoms with Crippen molar-refractivity contribution < 1.29 is 42.4 Å². The molecule has 0 saturated carbocycles. The Morgan fingerprint density at radius 1 is 0.262 bits per heavy atom. The fourth-order valence-electron chi connectivity index (χ4n) is 16.2. The van der Waals surface area contributed by atoms with Gasteiger partial charge in [0.15, 0.2) is 0 Å². The van der Waals surface area contributed by atoms with Crippen molar-refractivity contribution in [3.63, 3.8) is 0 Å². The quantitative estimate of drug-likeness (QED) is 0.0442. The predicted octanol–water partition coefficient (Wildman–Crippen LogP) is 31.6. The summed E-state index contributed by atoms with van der Waals surface area (Å²) < 4.78 is 22.2. The van der Waals surface area contributed by atoms with E-state index in [-0.39, 0.29) is 21.1 Å². The number of hydrogen-bond acceptors (Lipinski definition) is 6. The largest absolute Gasteiger partial charge is 2.00 e. The van der Waals surface area contributed by atoms with Gasteiger partial charge in [-0.05, 0) is 209 Å². The Balaban J connectivity index is 0.000000212. The first-order valence-electron chi connectivity index (χ1n) is 43.3. The van der Waals surface area contributed by atoms with Gasteiger partial charge in [0, 0.05) is 83.6 Å². The molecule has 0 fully saturated rings. The topological polar surface area (TPSA) is 89.7 Å². The molecule has 18 heteroatoms. The molecule has 0 N–H and O–H groups in total. The van der Waals surface area contributed by atoms with Crippen LogP contribution in [0.25, 0.3) is 113 Å². The molecule has 0 aliphatic rings. The molecule has 0 unspecified atom stereocenters. The molecule has 0 bridgehead atoms. The summed E-state index contributed by atoms with van der Waals surface area (Å²) in [6.45, 7) is 36.3. The van der Waals surface area contributed by atoms with Crippen LogP contribution in [0.2, 0.25) is 0 Å². The third-order valence-electron chi connectivity index (χ3n) is 22.3. The fraction of sp³-hybridized carbons (Fsp3) is 0.222. The van der Waals surface area contributed by atoms with Crippen LogP contribution in [0.4, 0.5) is 0 Å². The van der Waals surface area contributed by atoms with Gasteiger partial charge in [-0.1, -0.05) is 269 Å². The maximum atomic E-state index is 6.65. The second-order valence-electron chi connectivity index (χ2n) is 33.6. The Labute approximate surface area is 824 Å². The van der Waals surface area contributed by atoms with Crippen LogP contribution >= 0.6 is 37.7 Å². The monoisotopic (exact) mass is 2150 g/mol. The Kier molecular flexibility index (Phi) is 35.1. The van der Waals surface area contributed by atoms with Gasteiger partial charge in [0.05, 0.1) is 23.0 Å². The summed E-state index contributed by atoms with van der Waals surface area (Å²) in [5.41, 5.74) is 28.5. The van der Waals surface area contributed by atoms with Crippen LogP contribution in [0.5, 0.6) is 23.0 Å². The summed E-state index contributed by atoms with van der Waals surface area (Å²) in [7, 11) is 20.0. The van der Waals surface area contributed by atoms with E-state index in [0.717, 1.165) is 57.1 Å². The molecular weight excluding hydrogens is 2050 g/mol. The summed E-state index contributed by atoms with van der Waals surface area (Å²) in [4.78, 5) is 19.7. The smallest absolute Gasteiger partial charge is 2.00 e. The summed E-state index contributed by atoms with van der Waals surface area (Å²) in [5, 5.41) is 0. The molecular formula is C108H106Cl4K2N8O2Pt2. The van der Waals surface area contributed by atoms with Gasteiger partial charge in [0.1, 0.15) is 23.1 Å².